The molecule has 148 valence electrons. The van der Waals surface area contributed by atoms with Crippen molar-refractivity contribution in [3.05, 3.63) is 29.3 Å². The van der Waals surface area contributed by atoms with E-state index >= 15 is 0 Å². The fraction of sp³-hybridized carbons (Fsp3) is 0.611. The molecule has 2 rings (SSSR count). The van der Waals surface area contributed by atoms with E-state index in [0.29, 0.717) is 18.0 Å². The van der Waals surface area contributed by atoms with Crippen LogP contribution in [-0.4, -0.2) is 32.5 Å². The Morgan fingerprint density at radius 3 is 2.46 bits per heavy atom. The minimum Gasteiger partial charge on any atom is -0.346 e. The summed E-state index contributed by atoms with van der Waals surface area (Å²) in [6, 6.07) is 4.67. The van der Waals surface area contributed by atoms with E-state index in [1.807, 2.05) is 6.92 Å². The van der Waals surface area contributed by atoms with Crippen molar-refractivity contribution in [3.63, 3.8) is 0 Å². The number of amides is 1. The summed E-state index contributed by atoms with van der Waals surface area (Å²) < 4.78 is 27.4. The van der Waals surface area contributed by atoms with Gasteiger partial charge in [0.15, 0.2) is 0 Å². The SMILES string of the molecule is Cc1ccc(S(=O)(=O)NC2CC2)cc1C(=O)NC(C)(CN)CC(C)C.Cl. The minimum atomic E-state index is -3.59. The van der Waals surface area contributed by atoms with Crippen molar-refractivity contribution in [2.45, 2.75) is 63.4 Å². The molecule has 0 bridgehead atoms. The number of hydrogen-bond donors (Lipinski definition) is 3. The Labute approximate surface area is 162 Å². The van der Waals surface area contributed by atoms with E-state index in [9.17, 15) is 13.2 Å². The largest absolute Gasteiger partial charge is 0.346 e. The molecule has 1 saturated carbocycles. The molecule has 1 fully saturated rings. The Morgan fingerprint density at radius 1 is 1.35 bits per heavy atom. The highest BCUT2D eigenvalue weighted by molar-refractivity contribution is 7.89. The molecule has 1 amide bonds. The first-order valence-corrected chi connectivity index (χ1v) is 10.2. The molecule has 0 spiro atoms. The van der Waals surface area contributed by atoms with Crippen LogP contribution < -0.4 is 15.8 Å². The number of nitrogens with two attached hydrogens (primary N) is 1. The molecule has 1 aliphatic carbocycles. The highest BCUT2D eigenvalue weighted by Crippen LogP contribution is 2.24. The van der Waals surface area contributed by atoms with Gasteiger partial charge in [0.25, 0.3) is 5.91 Å². The van der Waals surface area contributed by atoms with Crippen LogP contribution in [0.2, 0.25) is 0 Å². The van der Waals surface area contributed by atoms with Crippen molar-refractivity contribution < 1.29 is 13.2 Å². The molecule has 1 aliphatic rings. The average molecular weight is 404 g/mol. The van der Waals surface area contributed by atoms with Crippen LogP contribution in [0, 0.1) is 12.8 Å². The highest BCUT2D eigenvalue weighted by Gasteiger charge is 2.30. The Balaban J connectivity index is 0.00000338. The molecule has 0 aromatic heterocycles. The monoisotopic (exact) mass is 403 g/mol. The average Bonchev–Trinajstić information content (AvgIpc) is 3.29. The Hall–Kier alpha value is -1.15. The second-order valence-electron chi connectivity index (χ2n) is 7.69. The van der Waals surface area contributed by atoms with E-state index in [2.05, 4.69) is 23.9 Å². The van der Waals surface area contributed by atoms with E-state index in [4.69, 9.17) is 5.73 Å². The van der Waals surface area contributed by atoms with Gasteiger partial charge in [0.05, 0.1) is 4.90 Å². The predicted molar refractivity (Wildman–Crippen MR) is 106 cm³/mol. The Morgan fingerprint density at radius 2 is 1.96 bits per heavy atom. The van der Waals surface area contributed by atoms with Gasteiger partial charge < -0.3 is 11.1 Å². The molecule has 1 aromatic carbocycles. The summed E-state index contributed by atoms with van der Waals surface area (Å²) in [5, 5.41) is 2.98. The summed E-state index contributed by atoms with van der Waals surface area (Å²) in [5.41, 5.74) is 6.42. The van der Waals surface area contributed by atoms with Crippen molar-refractivity contribution in [2.24, 2.45) is 11.7 Å². The molecule has 8 heteroatoms. The van der Waals surface area contributed by atoms with E-state index in [1.54, 1.807) is 13.0 Å². The molecule has 26 heavy (non-hydrogen) atoms. The number of rotatable bonds is 8. The van der Waals surface area contributed by atoms with E-state index in [1.165, 1.54) is 12.1 Å². The first kappa shape index (κ1) is 22.9. The summed E-state index contributed by atoms with van der Waals surface area (Å²) in [6.45, 7) is 8.17. The van der Waals surface area contributed by atoms with Crippen LogP contribution in [0.5, 0.6) is 0 Å². The zero-order chi connectivity index (χ0) is 18.8. The molecular formula is C18H30ClN3O3S. The molecule has 1 aromatic rings. The molecule has 0 radical (unpaired) electrons. The van der Waals surface area contributed by atoms with Gasteiger partial charge in [-0.1, -0.05) is 19.9 Å². The van der Waals surface area contributed by atoms with E-state index < -0.39 is 15.6 Å². The number of aryl methyl sites for hydroxylation is 1. The third kappa shape index (κ3) is 5.94. The molecule has 4 N–H and O–H groups in total. The standard InChI is InChI=1S/C18H29N3O3S.ClH/c1-12(2)10-18(4,11-19)20-17(22)16-9-15(8-5-13(16)3)25(23,24)21-14-6-7-14;/h5,8-9,12,14,21H,6-7,10-11,19H2,1-4H3,(H,20,22);1H. The van der Waals surface area contributed by atoms with Gasteiger partial charge in [0.1, 0.15) is 0 Å². The second kappa shape index (κ2) is 8.69. The molecule has 6 nitrogen and oxygen atoms in total. The van der Waals surface area contributed by atoms with Crippen LogP contribution in [-0.2, 0) is 10.0 Å². The lowest BCUT2D eigenvalue weighted by molar-refractivity contribution is 0.0897. The van der Waals surface area contributed by atoms with Gasteiger partial charge in [0.2, 0.25) is 10.0 Å². The second-order valence-corrected chi connectivity index (χ2v) is 9.40. The summed E-state index contributed by atoms with van der Waals surface area (Å²) in [4.78, 5) is 12.9. The summed E-state index contributed by atoms with van der Waals surface area (Å²) in [5.74, 6) is 0.0824. The minimum absolute atomic E-state index is 0. The van der Waals surface area contributed by atoms with Crippen LogP contribution in [0.3, 0.4) is 0 Å². The number of nitrogens with one attached hydrogen (secondary N) is 2. The van der Waals surface area contributed by atoms with E-state index in [0.717, 1.165) is 24.8 Å². The number of hydrogen-bond acceptors (Lipinski definition) is 4. The smallest absolute Gasteiger partial charge is 0.252 e. The fourth-order valence-electron chi connectivity index (χ4n) is 2.93. The molecular weight excluding hydrogens is 374 g/mol. The van der Waals surface area contributed by atoms with Crippen molar-refractivity contribution >= 4 is 28.3 Å². The fourth-order valence-corrected chi connectivity index (χ4v) is 4.26. The number of sulfonamides is 1. The van der Waals surface area contributed by atoms with E-state index in [-0.39, 0.29) is 29.3 Å². The summed E-state index contributed by atoms with van der Waals surface area (Å²) >= 11 is 0. The molecule has 0 aliphatic heterocycles. The number of carbonyl (C=O) groups excluding carboxylic acids is 1. The van der Waals surface area contributed by atoms with Gasteiger partial charge in [-0.25, -0.2) is 13.1 Å². The van der Waals surface area contributed by atoms with Crippen molar-refractivity contribution in [2.75, 3.05) is 6.54 Å². The van der Waals surface area contributed by atoms with Crippen molar-refractivity contribution in [1.82, 2.24) is 10.0 Å². The van der Waals surface area contributed by atoms with Gasteiger partial charge in [-0.05, 0) is 56.7 Å². The topological polar surface area (TPSA) is 101 Å². The number of carbonyl (C=O) groups is 1. The van der Waals surface area contributed by atoms with Gasteiger partial charge in [-0.3, -0.25) is 4.79 Å². The highest BCUT2D eigenvalue weighted by atomic mass is 35.5. The summed E-state index contributed by atoms with van der Waals surface area (Å²) in [7, 11) is -3.59. The lowest BCUT2D eigenvalue weighted by atomic mass is 9.90. The van der Waals surface area contributed by atoms with Crippen molar-refractivity contribution in [3.8, 4) is 0 Å². The first-order valence-electron chi connectivity index (χ1n) is 8.72. The van der Waals surface area contributed by atoms with Crippen LogP contribution in [0.4, 0.5) is 0 Å². The maximum Gasteiger partial charge on any atom is 0.252 e. The zero-order valence-electron chi connectivity index (χ0n) is 15.8. The van der Waals surface area contributed by atoms with Gasteiger partial charge in [0, 0.05) is 23.7 Å². The normalized spacial score (nSPS) is 16.7. The van der Waals surface area contributed by atoms with Crippen LogP contribution >= 0.6 is 12.4 Å². The Kier molecular flexibility index (Phi) is 7.65. The van der Waals surface area contributed by atoms with Crippen LogP contribution in [0.25, 0.3) is 0 Å². The summed E-state index contributed by atoms with van der Waals surface area (Å²) in [6.07, 6.45) is 2.47. The van der Waals surface area contributed by atoms with Gasteiger partial charge >= 0.3 is 0 Å². The third-order valence-electron chi connectivity index (χ3n) is 4.39. The van der Waals surface area contributed by atoms with Gasteiger partial charge in [-0.2, -0.15) is 0 Å². The van der Waals surface area contributed by atoms with Gasteiger partial charge in [-0.15, -0.1) is 12.4 Å². The van der Waals surface area contributed by atoms with Crippen molar-refractivity contribution in [1.29, 1.82) is 0 Å². The van der Waals surface area contributed by atoms with Crippen LogP contribution in [0.1, 0.15) is 56.0 Å². The maximum atomic E-state index is 12.8. The van der Waals surface area contributed by atoms with Crippen LogP contribution in [0.15, 0.2) is 23.1 Å². The molecule has 1 unspecified atom stereocenters. The molecule has 1 atom stereocenters. The lowest BCUT2D eigenvalue weighted by Crippen LogP contribution is -2.52. The third-order valence-corrected chi connectivity index (χ3v) is 5.91. The number of halogens is 1. The molecule has 0 heterocycles. The maximum absolute atomic E-state index is 12.8. The lowest BCUT2D eigenvalue weighted by Gasteiger charge is -2.31. The Bertz CT molecular complexity index is 748. The molecule has 0 saturated heterocycles. The quantitative estimate of drug-likeness (QED) is 0.620. The number of benzene rings is 1. The zero-order valence-corrected chi connectivity index (χ0v) is 17.5. The predicted octanol–water partition coefficient (Wildman–Crippen LogP) is 2.35. The first-order chi connectivity index (χ1) is 11.6.